The van der Waals surface area contributed by atoms with Crippen LogP contribution >= 0.6 is 0 Å². The van der Waals surface area contributed by atoms with E-state index in [0.29, 0.717) is 0 Å². The molecule has 2 aromatic carbocycles. The van der Waals surface area contributed by atoms with E-state index in [2.05, 4.69) is 90.3 Å². The number of hydrogen-bond acceptors (Lipinski definition) is 0. The van der Waals surface area contributed by atoms with Crippen molar-refractivity contribution in [2.24, 2.45) is 0 Å². The van der Waals surface area contributed by atoms with Crippen LogP contribution in [0.5, 0.6) is 0 Å². The summed E-state index contributed by atoms with van der Waals surface area (Å²) in [7, 11) is 4.88. The van der Waals surface area contributed by atoms with Crippen molar-refractivity contribution in [1.82, 2.24) is 8.97 Å². The summed E-state index contributed by atoms with van der Waals surface area (Å²) in [6, 6.07) is 19.1. The van der Waals surface area contributed by atoms with E-state index >= 15 is 0 Å². The fraction of sp³-hybridized carbons (Fsp3) is 0.636. The molecule has 0 aliphatic carbocycles. The molecule has 0 N–H and O–H groups in total. The van der Waals surface area contributed by atoms with Crippen molar-refractivity contribution in [3.05, 3.63) is 59.7 Å². The zero-order chi connectivity index (χ0) is 25.6. The predicted octanol–water partition coefficient (Wildman–Crippen LogP) is 9.13. The minimum atomic E-state index is 1.02. The van der Waals surface area contributed by atoms with Gasteiger partial charge in [-0.25, -0.2) is 0 Å². The Bertz CT molecular complexity index is 740. The van der Waals surface area contributed by atoms with Gasteiger partial charge in [-0.2, -0.15) is 0 Å². The Kier molecular flexibility index (Phi) is 13.1. The SMILES string of the molecule is CCCCC[N+](C)(CCCC)c1ccc(Cc2ccc([N+](C)(CCCC)CCCCC)cc2)cc1. The molecular weight excluding hydrogens is 424 g/mol. The molecule has 0 radical (unpaired) electrons. The summed E-state index contributed by atoms with van der Waals surface area (Å²) >= 11 is 0. The molecule has 35 heavy (non-hydrogen) atoms. The summed E-state index contributed by atoms with van der Waals surface area (Å²) in [6.07, 6.45) is 14.0. The molecule has 2 aromatic rings. The van der Waals surface area contributed by atoms with Gasteiger partial charge in [-0.3, -0.25) is 8.97 Å². The van der Waals surface area contributed by atoms with Crippen LogP contribution in [0.15, 0.2) is 48.5 Å². The highest BCUT2D eigenvalue weighted by Gasteiger charge is 2.25. The maximum atomic E-state index is 2.44. The Morgan fingerprint density at radius 3 is 1.06 bits per heavy atom. The third-order valence-electron chi connectivity index (χ3n) is 8.05. The number of nitrogens with zero attached hydrogens (tertiary/aromatic N) is 2. The largest absolute Gasteiger partial charge is 0.294 e. The molecule has 0 spiro atoms. The Morgan fingerprint density at radius 1 is 0.429 bits per heavy atom. The Labute approximate surface area is 218 Å². The van der Waals surface area contributed by atoms with Gasteiger partial charge >= 0.3 is 0 Å². The second kappa shape index (κ2) is 15.5. The van der Waals surface area contributed by atoms with Crippen LogP contribution in [0.1, 0.15) is 103 Å². The third kappa shape index (κ3) is 9.39. The normalized spacial score (nSPS) is 15.0. The van der Waals surface area contributed by atoms with Gasteiger partial charge in [0.2, 0.25) is 0 Å². The van der Waals surface area contributed by atoms with Crippen molar-refractivity contribution in [2.75, 3.05) is 40.3 Å². The minimum absolute atomic E-state index is 1.02. The highest BCUT2D eigenvalue weighted by Crippen LogP contribution is 2.27. The monoisotopic (exact) mass is 480 g/mol. The summed E-state index contributed by atoms with van der Waals surface area (Å²) in [5, 5.41) is 0. The van der Waals surface area contributed by atoms with E-state index in [9.17, 15) is 0 Å². The van der Waals surface area contributed by atoms with Gasteiger partial charge in [-0.1, -0.05) is 77.6 Å². The lowest BCUT2D eigenvalue weighted by atomic mass is 10.0. The number of hydrogen-bond donors (Lipinski definition) is 0. The lowest BCUT2D eigenvalue weighted by Gasteiger charge is -2.34. The van der Waals surface area contributed by atoms with Crippen LogP contribution in [0, 0.1) is 0 Å². The molecule has 2 atom stereocenters. The Hall–Kier alpha value is -1.64. The lowest BCUT2D eigenvalue weighted by Crippen LogP contribution is -2.46. The van der Waals surface area contributed by atoms with E-state index in [1.54, 1.807) is 0 Å². The molecule has 2 rings (SSSR count). The molecule has 2 heteroatoms. The number of rotatable bonds is 18. The molecule has 0 aliphatic rings. The van der Waals surface area contributed by atoms with Gasteiger partial charge in [0.15, 0.2) is 0 Å². The number of unbranched alkanes of at least 4 members (excludes halogenated alkanes) is 6. The van der Waals surface area contributed by atoms with Crippen molar-refractivity contribution in [1.29, 1.82) is 0 Å². The van der Waals surface area contributed by atoms with Crippen LogP contribution in [-0.2, 0) is 6.42 Å². The fourth-order valence-electron chi connectivity index (χ4n) is 5.36. The molecule has 0 fully saturated rings. The van der Waals surface area contributed by atoms with Crippen LogP contribution in [0.4, 0.5) is 11.4 Å². The third-order valence-corrected chi connectivity index (χ3v) is 8.05. The molecule has 2 nitrogen and oxygen atoms in total. The summed E-state index contributed by atoms with van der Waals surface area (Å²) in [5.41, 5.74) is 5.79. The predicted molar refractivity (Wildman–Crippen MR) is 159 cm³/mol. The maximum absolute atomic E-state index is 2.44. The Balaban J connectivity index is 2.09. The van der Waals surface area contributed by atoms with Crippen LogP contribution in [0.3, 0.4) is 0 Å². The first-order chi connectivity index (χ1) is 16.9. The van der Waals surface area contributed by atoms with Crippen molar-refractivity contribution >= 4 is 11.4 Å². The molecular formula is C33H56N2+2. The Morgan fingerprint density at radius 2 is 0.743 bits per heavy atom. The standard InChI is InChI=1S/C33H56N2/c1-7-11-15-27-34(5,25-13-9-3)32-21-17-30(18-22-32)29-31-19-23-33(24-20-31)35(6,26-14-10-4)28-16-12-8-2/h17-24H,7-16,25-29H2,1-6H3/q+2. The van der Waals surface area contributed by atoms with Gasteiger partial charge in [0, 0.05) is 0 Å². The summed E-state index contributed by atoms with van der Waals surface area (Å²) in [4.78, 5) is 0. The first-order valence-electron chi connectivity index (χ1n) is 14.8. The van der Waals surface area contributed by atoms with E-state index in [4.69, 9.17) is 0 Å². The summed E-state index contributed by atoms with van der Waals surface area (Å²) in [5.74, 6) is 0. The molecule has 196 valence electrons. The first kappa shape index (κ1) is 29.6. The van der Waals surface area contributed by atoms with Crippen LogP contribution in [0.25, 0.3) is 0 Å². The van der Waals surface area contributed by atoms with E-state index in [-0.39, 0.29) is 0 Å². The number of quaternary nitrogens is 2. The number of benzene rings is 2. The molecule has 0 heterocycles. The maximum Gasteiger partial charge on any atom is 0.132 e. The van der Waals surface area contributed by atoms with Crippen molar-refractivity contribution in [2.45, 2.75) is 98.3 Å². The first-order valence-corrected chi connectivity index (χ1v) is 14.8. The van der Waals surface area contributed by atoms with Crippen molar-refractivity contribution < 1.29 is 0 Å². The smallest absolute Gasteiger partial charge is 0.132 e. The fourth-order valence-corrected chi connectivity index (χ4v) is 5.36. The van der Waals surface area contributed by atoms with E-state index in [1.165, 1.54) is 113 Å². The highest BCUT2D eigenvalue weighted by atomic mass is 15.3. The van der Waals surface area contributed by atoms with Gasteiger partial charge in [0.1, 0.15) is 11.4 Å². The summed E-state index contributed by atoms with van der Waals surface area (Å²) < 4.78 is 2.16. The van der Waals surface area contributed by atoms with Gasteiger partial charge in [-0.05, 0) is 80.3 Å². The molecule has 0 aromatic heterocycles. The van der Waals surface area contributed by atoms with Crippen LogP contribution in [0.2, 0.25) is 0 Å². The molecule has 0 aliphatic heterocycles. The zero-order valence-electron chi connectivity index (χ0n) is 24.1. The molecule has 0 bridgehead atoms. The summed E-state index contributed by atoms with van der Waals surface area (Å²) in [6.45, 7) is 14.2. The van der Waals surface area contributed by atoms with Crippen molar-refractivity contribution in [3.8, 4) is 0 Å². The topological polar surface area (TPSA) is 0 Å². The average molecular weight is 481 g/mol. The highest BCUT2D eigenvalue weighted by molar-refractivity contribution is 5.47. The molecule has 0 saturated carbocycles. The van der Waals surface area contributed by atoms with Crippen LogP contribution in [-0.4, -0.2) is 40.3 Å². The van der Waals surface area contributed by atoms with Gasteiger partial charge in [0.05, 0.1) is 40.3 Å². The average Bonchev–Trinajstić information content (AvgIpc) is 2.87. The molecule has 0 amide bonds. The molecule has 2 unspecified atom stereocenters. The minimum Gasteiger partial charge on any atom is -0.294 e. The zero-order valence-corrected chi connectivity index (χ0v) is 24.1. The van der Waals surface area contributed by atoms with E-state index in [1.807, 2.05) is 0 Å². The second-order valence-corrected chi connectivity index (χ2v) is 11.3. The molecule has 0 saturated heterocycles. The van der Waals surface area contributed by atoms with Crippen molar-refractivity contribution in [3.63, 3.8) is 0 Å². The van der Waals surface area contributed by atoms with Gasteiger partial charge in [0.25, 0.3) is 0 Å². The van der Waals surface area contributed by atoms with Crippen LogP contribution < -0.4 is 8.97 Å². The van der Waals surface area contributed by atoms with Gasteiger partial charge < -0.3 is 0 Å². The lowest BCUT2D eigenvalue weighted by molar-refractivity contribution is 0.315. The van der Waals surface area contributed by atoms with E-state index < -0.39 is 0 Å². The second-order valence-electron chi connectivity index (χ2n) is 11.3. The quantitative estimate of drug-likeness (QED) is 0.147. The van der Waals surface area contributed by atoms with Gasteiger partial charge in [-0.15, -0.1) is 0 Å². The van der Waals surface area contributed by atoms with E-state index in [0.717, 1.165) is 15.4 Å².